The van der Waals surface area contributed by atoms with E-state index < -0.39 is 6.10 Å². The Morgan fingerprint density at radius 3 is 2.74 bits per heavy atom. The highest BCUT2D eigenvalue weighted by molar-refractivity contribution is 5.01. The Kier molecular flexibility index (Phi) is 4.63. The fraction of sp³-hybridized carbons (Fsp3) is 0.800. The highest BCUT2D eigenvalue weighted by atomic mass is 16.5. The maximum Gasteiger partial charge on any atom is 0.0829 e. The number of aliphatic hydroxyl groups is 1. The van der Waals surface area contributed by atoms with Gasteiger partial charge in [0.25, 0.3) is 0 Å². The molecular formula is C15H26N2O2. The standard InChI is InChI=1S/C15H26N2O2/c1-15(2,3)19-11-14(18)10-12-8-9-17(16-12)13-6-4-5-7-13/h8-9,13-14,18H,4-7,10-11H2,1-3H3. The maximum atomic E-state index is 9.97. The molecule has 4 heteroatoms. The predicted octanol–water partition coefficient (Wildman–Crippen LogP) is 2.72. The van der Waals surface area contributed by atoms with Crippen LogP contribution in [0, 0.1) is 0 Å². The molecule has 1 atom stereocenters. The highest BCUT2D eigenvalue weighted by Gasteiger charge is 2.19. The average molecular weight is 266 g/mol. The van der Waals surface area contributed by atoms with Crippen molar-refractivity contribution >= 4 is 0 Å². The van der Waals surface area contributed by atoms with Crippen LogP contribution in [-0.2, 0) is 11.2 Å². The second kappa shape index (κ2) is 6.06. The monoisotopic (exact) mass is 266 g/mol. The Labute approximate surface area is 115 Å². The van der Waals surface area contributed by atoms with Crippen molar-refractivity contribution in [2.75, 3.05) is 6.61 Å². The van der Waals surface area contributed by atoms with Crippen LogP contribution in [-0.4, -0.2) is 33.2 Å². The first kappa shape index (κ1) is 14.5. The van der Waals surface area contributed by atoms with Gasteiger partial charge < -0.3 is 9.84 Å². The zero-order valence-electron chi connectivity index (χ0n) is 12.3. The number of aromatic nitrogens is 2. The summed E-state index contributed by atoms with van der Waals surface area (Å²) < 4.78 is 7.65. The van der Waals surface area contributed by atoms with E-state index in [4.69, 9.17) is 4.74 Å². The van der Waals surface area contributed by atoms with Gasteiger partial charge in [-0.3, -0.25) is 4.68 Å². The molecule has 0 saturated heterocycles. The van der Waals surface area contributed by atoms with Crippen LogP contribution in [0.25, 0.3) is 0 Å². The molecule has 1 aliphatic carbocycles. The average Bonchev–Trinajstić information content (AvgIpc) is 2.94. The summed E-state index contributed by atoms with van der Waals surface area (Å²) in [5.41, 5.74) is 0.751. The van der Waals surface area contributed by atoms with Crippen molar-refractivity contribution in [3.63, 3.8) is 0 Å². The van der Waals surface area contributed by atoms with Crippen LogP contribution in [0.15, 0.2) is 12.3 Å². The summed E-state index contributed by atoms with van der Waals surface area (Å²) in [4.78, 5) is 0. The molecule has 0 aromatic carbocycles. The van der Waals surface area contributed by atoms with Crippen LogP contribution >= 0.6 is 0 Å². The smallest absolute Gasteiger partial charge is 0.0829 e. The molecule has 2 rings (SSSR count). The van der Waals surface area contributed by atoms with Crippen LogP contribution in [0.4, 0.5) is 0 Å². The van der Waals surface area contributed by atoms with Crippen LogP contribution < -0.4 is 0 Å². The molecule has 0 spiro atoms. The molecule has 0 radical (unpaired) electrons. The predicted molar refractivity (Wildman–Crippen MR) is 75.1 cm³/mol. The van der Waals surface area contributed by atoms with E-state index in [1.54, 1.807) is 0 Å². The van der Waals surface area contributed by atoms with Gasteiger partial charge in [-0.15, -0.1) is 0 Å². The second-order valence-electron chi connectivity index (χ2n) is 6.51. The molecule has 1 unspecified atom stereocenters. The van der Waals surface area contributed by atoms with Gasteiger partial charge in [0.05, 0.1) is 30.0 Å². The third-order valence-electron chi connectivity index (χ3n) is 3.52. The van der Waals surface area contributed by atoms with Crippen LogP contribution in [0.3, 0.4) is 0 Å². The second-order valence-corrected chi connectivity index (χ2v) is 6.51. The first-order valence-corrected chi connectivity index (χ1v) is 7.30. The topological polar surface area (TPSA) is 47.3 Å². The van der Waals surface area contributed by atoms with Crippen molar-refractivity contribution in [2.24, 2.45) is 0 Å². The molecule has 1 fully saturated rings. The van der Waals surface area contributed by atoms with Crippen molar-refractivity contribution in [3.05, 3.63) is 18.0 Å². The Hall–Kier alpha value is -0.870. The lowest BCUT2D eigenvalue weighted by Gasteiger charge is -2.21. The van der Waals surface area contributed by atoms with E-state index >= 15 is 0 Å². The molecule has 0 bridgehead atoms. The number of nitrogens with zero attached hydrogens (tertiary/aromatic N) is 2. The van der Waals surface area contributed by atoms with Crippen LogP contribution in [0.2, 0.25) is 0 Å². The molecule has 1 heterocycles. The van der Waals surface area contributed by atoms with Gasteiger partial charge >= 0.3 is 0 Å². The van der Waals surface area contributed by atoms with Crippen molar-refractivity contribution in [1.82, 2.24) is 9.78 Å². The lowest BCUT2D eigenvalue weighted by atomic mass is 10.1. The van der Waals surface area contributed by atoms with E-state index in [1.165, 1.54) is 25.7 Å². The van der Waals surface area contributed by atoms with Crippen LogP contribution in [0.1, 0.15) is 58.2 Å². The largest absolute Gasteiger partial charge is 0.390 e. The summed E-state index contributed by atoms with van der Waals surface area (Å²) in [6.07, 6.45) is 7.21. The lowest BCUT2D eigenvalue weighted by molar-refractivity contribution is -0.0484. The Balaban J connectivity index is 1.82. The quantitative estimate of drug-likeness (QED) is 0.891. The Morgan fingerprint density at radius 1 is 1.42 bits per heavy atom. The van der Waals surface area contributed by atoms with E-state index in [0.717, 1.165) is 5.69 Å². The van der Waals surface area contributed by atoms with E-state index in [2.05, 4.69) is 9.78 Å². The number of hydrogen-bond donors (Lipinski definition) is 1. The fourth-order valence-corrected chi connectivity index (χ4v) is 2.50. The van der Waals surface area contributed by atoms with E-state index in [1.807, 2.05) is 33.0 Å². The van der Waals surface area contributed by atoms with Gasteiger partial charge in [-0.2, -0.15) is 5.10 Å². The van der Waals surface area contributed by atoms with Gasteiger partial charge in [0.2, 0.25) is 0 Å². The normalized spacial score (nSPS) is 18.9. The van der Waals surface area contributed by atoms with Crippen molar-refractivity contribution in [3.8, 4) is 0 Å². The first-order valence-electron chi connectivity index (χ1n) is 7.30. The Morgan fingerprint density at radius 2 is 2.11 bits per heavy atom. The van der Waals surface area contributed by atoms with E-state index in [-0.39, 0.29) is 5.60 Å². The summed E-state index contributed by atoms with van der Waals surface area (Å²) >= 11 is 0. The third-order valence-corrected chi connectivity index (χ3v) is 3.52. The van der Waals surface area contributed by atoms with Crippen molar-refractivity contribution in [2.45, 2.75) is 70.6 Å². The summed E-state index contributed by atoms with van der Waals surface area (Å²) in [7, 11) is 0. The molecule has 0 aliphatic heterocycles. The Bertz CT molecular complexity index is 389. The van der Waals surface area contributed by atoms with Gasteiger partial charge in [-0.1, -0.05) is 12.8 Å². The molecule has 1 N–H and O–H groups in total. The zero-order valence-corrected chi connectivity index (χ0v) is 12.3. The summed E-state index contributed by atoms with van der Waals surface area (Å²) in [6.45, 7) is 6.34. The van der Waals surface area contributed by atoms with Crippen molar-refractivity contribution < 1.29 is 9.84 Å². The molecule has 1 aliphatic rings. The maximum absolute atomic E-state index is 9.97. The number of rotatable bonds is 5. The van der Waals surface area contributed by atoms with Crippen LogP contribution in [0.5, 0.6) is 0 Å². The summed E-state index contributed by atoms with van der Waals surface area (Å²) in [5, 5.41) is 14.5. The minimum absolute atomic E-state index is 0.204. The summed E-state index contributed by atoms with van der Waals surface area (Å²) in [6, 6.07) is 2.58. The first-order chi connectivity index (χ1) is 8.94. The highest BCUT2D eigenvalue weighted by Crippen LogP contribution is 2.28. The fourth-order valence-electron chi connectivity index (χ4n) is 2.50. The minimum Gasteiger partial charge on any atom is -0.390 e. The SMILES string of the molecule is CC(C)(C)OCC(O)Cc1ccn(C2CCCC2)n1. The van der Waals surface area contributed by atoms with Gasteiger partial charge in [-0.25, -0.2) is 0 Å². The van der Waals surface area contributed by atoms with Gasteiger partial charge in [0.15, 0.2) is 0 Å². The molecule has 1 saturated carbocycles. The molecule has 108 valence electrons. The minimum atomic E-state index is -0.480. The number of aliphatic hydroxyl groups excluding tert-OH is 1. The zero-order chi connectivity index (χ0) is 13.9. The number of hydrogen-bond acceptors (Lipinski definition) is 3. The van der Waals surface area contributed by atoms with Gasteiger partial charge in [0, 0.05) is 12.6 Å². The molecule has 19 heavy (non-hydrogen) atoms. The summed E-state index contributed by atoms with van der Waals surface area (Å²) in [5.74, 6) is 0. The molecule has 4 nitrogen and oxygen atoms in total. The van der Waals surface area contributed by atoms with Crippen molar-refractivity contribution in [1.29, 1.82) is 0 Å². The molecule has 0 amide bonds. The van der Waals surface area contributed by atoms with Gasteiger partial charge in [-0.05, 0) is 39.7 Å². The molecule has 1 aromatic heterocycles. The number of ether oxygens (including phenoxy) is 1. The van der Waals surface area contributed by atoms with E-state index in [0.29, 0.717) is 19.1 Å². The third kappa shape index (κ3) is 4.62. The lowest BCUT2D eigenvalue weighted by Crippen LogP contribution is -2.27. The van der Waals surface area contributed by atoms with E-state index in [9.17, 15) is 5.11 Å². The molecular weight excluding hydrogens is 240 g/mol. The molecule has 1 aromatic rings. The van der Waals surface area contributed by atoms with Gasteiger partial charge in [0.1, 0.15) is 0 Å².